The third-order valence-corrected chi connectivity index (χ3v) is 3.42. The van der Waals surface area contributed by atoms with E-state index in [-0.39, 0.29) is 12.6 Å². The van der Waals surface area contributed by atoms with Gasteiger partial charge in [-0.05, 0) is 31.1 Å². The van der Waals surface area contributed by atoms with Crippen molar-refractivity contribution >= 4 is 12.0 Å². The van der Waals surface area contributed by atoms with Crippen LogP contribution in [-0.2, 0) is 9.53 Å². The minimum Gasteiger partial charge on any atom is -0.481 e. The highest BCUT2D eigenvalue weighted by molar-refractivity contribution is 5.75. The van der Waals surface area contributed by atoms with Crippen molar-refractivity contribution in [1.82, 2.24) is 10.6 Å². The van der Waals surface area contributed by atoms with E-state index in [2.05, 4.69) is 10.6 Å². The number of carboxylic acids is 1. The van der Waals surface area contributed by atoms with Crippen molar-refractivity contribution in [2.75, 3.05) is 26.3 Å². The summed E-state index contributed by atoms with van der Waals surface area (Å²) in [5.41, 5.74) is 0. The molecule has 2 amide bonds. The van der Waals surface area contributed by atoms with Crippen LogP contribution in [0.1, 0.15) is 33.1 Å². The summed E-state index contributed by atoms with van der Waals surface area (Å²) in [5.74, 6) is -0.737. The Kier molecular flexibility index (Phi) is 7.36. The maximum Gasteiger partial charge on any atom is 0.314 e. The molecule has 116 valence electrons. The number of hydrogen-bond donors (Lipinski definition) is 3. The highest BCUT2D eigenvalue weighted by Gasteiger charge is 2.20. The first-order chi connectivity index (χ1) is 9.49. The van der Waals surface area contributed by atoms with E-state index in [1.807, 2.05) is 13.8 Å². The molecule has 0 bridgehead atoms. The molecule has 1 aliphatic heterocycles. The molecule has 20 heavy (non-hydrogen) atoms. The fraction of sp³-hybridized carbons (Fsp3) is 0.857. The third kappa shape index (κ3) is 6.75. The zero-order valence-electron chi connectivity index (χ0n) is 12.4. The van der Waals surface area contributed by atoms with Crippen LogP contribution in [0.4, 0.5) is 4.79 Å². The summed E-state index contributed by atoms with van der Waals surface area (Å²) in [6.07, 6.45) is 2.65. The second-order valence-electron chi connectivity index (χ2n) is 5.84. The van der Waals surface area contributed by atoms with Crippen LogP contribution in [0.2, 0.25) is 0 Å². The molecule has 1 aliphatic rings. The van der Waals surface area contributed by atoms with Crippen LogP contribution in [0, 0.1) is 17.8 Å². The summed E-state index contributed by atoms with van der Waals surface area (Å²) < 4.78 is 5.34. The van der Waals surface area contributed by atoms with Gasteiger partial charge in [0.1, 0.15) is 0 Å². The molecule has 0 aromatic carbocycles. The Morgan fingerprint density at radius 2 is 2.10 bits per heavy atom. The van der Waals surface area contributed by atoms with Crippen molar-refractivity contribution < 1.29 is 19.4 Å². The van der Waals surface area contributed by atoms with Gasteiger partial charge < -0.3 is 20.5 Å². The lowest BCUT2D eigenvalue weighted by Gasteiger charge is -2.22. The van der Waals surface area contributed by atoms with Crippen LogP contribution < -0.4 is 10.6 Å². The van der Waals surface area contributed by atoms with E-state index in [0.717, 1.165) is 19.4 Å². The quantitative estimate of drug-likeness (QED) is 0.661. The highest BCUT2D eigenvalue weighted by Crippen LogP contribution is 2.12. The second kappa shape index (κ2) is 8.79. The summed E-state index contributed by atoms with van der Waals surface area (Å²) in [6.45, 7) is 6.18. The van der Waals surface area contributed by atoms with Crippen LogP contribution >= 0.6 is 0 Å². The van der Waals surface area contributed by atoms with Gasteiger partial charge in [-0.1, -0.05) is 13.8 Å². The number of carbonyl (C=O) groups excluding carboxylic acids is 1. The van der Waals surface area contributed by atoms with Gasteiger partial charge in [0.2, 0.25) is 0 Å². The predicted molar refractivity (Wildman–Crippen MR) is 75.5 cm³/mol. The van der Waals surface area contributed by atoms with E-state index in [9.17, 15) is 9.59 Å². The van der Waals surface area contributed by atoms with Gasteiger partial charge in [-0.25, -0.2) is 4.79 Å². The lowest BCUT2D eigenvalue weighted by atomic mass is 9.97. The molecule has 1 saturated heterocycles. The molecule has 3 N–H and O–H groups in total. The monoisotopic (exact) mass is 286 g/mol. The fourth-order valence-electron chi connectivity index (χ4n) is 2.32. The Labute approximate surface area is 120 Å². The van der Waals surface area contributed by atoms with E-state index in [1.165, 1.54) is 0 Å². The molecule has 2 atom stereocenters. The summed E-state index contributed by atoms with van der Waals surface area (Å²) in [7, 11) is 0. The molecule has 6 heteroatoms. The SMILES string of the molecule is CC(C)CC(CNC(=O)NCC1CCCOC1)C(=O)O. The van der Waals surface area contributed by atoms with Gasteiger partial charge in [-0.3, -0.25) is 4.79 Å². The molecule has 1 heterocycles. The topological polar surface area (TPSA) is 87.7 Å². The third-order valence-electron chi connectivity index (χ3n) is 3.42. The first-order valence-electron chi connectivity index (χ1n) is 7.31. The van der Waals surface area contributed by atoms with E-state index in [0.29, 0.717) is 31.4 Å². The van der Waals surface area contributed by atoms with Crippen molar-refractivity contribution in [2.24, 2.45) is 17.8 Å². The number of hydrogen-bond acceptors (Lipinski definition) is 3. The Bertz CT molecular complexity index is 314. The Morgan fingerprint density at radius 1 is 1.35 bits per heavy atom. The van der Waals surface area contributed by atoms with Gasteiger partial charge in [0.25, 0.3) is 0 Å². The van der Waals surface area contributed by atoms with Crippen molar-refractivity contribution in [3.63, 3.8) is 0 Å². The molecule has 1 rings (SSSR count). The predicted octanol–water partition coefficient (Wildman–Crippen LogP) is 1.46. The summed E-state index contributed by atoms with van der Waals surface area (Å²) in [5, 5.41) is 14.5. The number of amides is 2. The van der Waals surface area contributed by atoms with Crippen molar-refractivity contribution in [3.8, 4) is 0 Å². The number of nitrogens with one attached hydrogen (secondary N) is 2. The Morgan fingerprint density at radius 3 is 2.65 bits per heavy atom. The average molecular weight is 286 g/mol. The van der Waals surface area contributed by atoms with Gasteiger partial charge in [0.15, 0.2) is 0 Å². The summed E-state index contributed by atoms with van der Waals surface area (Å²) in [4.78, 5) is 22.7. The number of aliphatic carboxylic acids is 1. The molecular formula is C14H26N2O4. The van der Waals surface area contributed by atoms with Crippen LogP contribution in [0.3, 0.4) is 0 Å². The van der Waals surface area contributed by atoms with Crippen molar-refractivity contribution in [1.29, 1.82) is 0 Å². The van der Waals surface area contributed by atoms with E-state index < -0.39 is 11.9 Å². The lowest BCUT2D eigenvalue weighted by Crippen LogP contribution is -2.42. The van der Waals surface area contributed by atoms with Gasteiger partial charge in [0, 0.05) is 19.7 Å². The van der Waals surface area contributed by atoms with E-state index in [1.54, 1.807) is 0 Å². The lowest BCUT2D eigenvalue weighted by molar-refractivity contribution is -0.142. The highest BCUT2D eigenvalue weighted by atomic mass is 16.5. The number of rotatable bonds is 7. The zero-order chi connectivity index (χ0) is 15.0. The van der Waals surface area contributed by atoms with Crippen LogP contribution in [0.25, 0.3) is 0 Å². The molecule has 0 saturated carbocycles. The largest absolute Gasteiger partial charge is 0.481 e. The summed E-state index contributed by atoms with van der Waals surface area (Å²) >= 11 is 0. The molecule has 0 spiro atoms. The normalized spacial score (nSPS) is 20.4. The number of ether oxygens (including phenoxy) is 1. The van der Waals surface area contributed by atoms with Gasteiger partial charge in [-0.15, -0.1) is 0 Å². The Balaban J connectivity index is 2.21. The molecule has 1 fully saturated rings. The van der Waals surface area contributed by atoms with Gasteiger partial charge in [-0.2, -0.15) is 0 Å². The maximum atomic E-state index is 11.6. The molecule has 0 radical (unpaired) electrons. The summed E-state index contributed by atoms with van der Waals surface area (Å²) in [6, 6.07) is -0.300. The molecule has 6 nitrogen and oxygen atoms in total. The molecule has 2 unspecified atom stereocenters. The maximum absolute atomic E-state index is 11.6. The fourth-order valence-corrected chi connectivity index (χ4v) is 2.32. The first-order valence-corrected chi connectivity index (χ1v) is 7.31. The van der Waals surface area contributed by atoms with Crippen LogP contribution in [-0.4, -0.2) is 43.4 Å². The number of urea groups is 1. The minimum atomic E-state index is -0.861. The molecular weight excluding hydrogens is 260 g/mol. The van der Waals surface area contributed by atoms with Gasteiger partial charge in [0.05, 0.1) is 12.5 Å². The van der Waals surface area contributed by atoms with Crippen molar-refractivity contribution in [3.05, 3.63) is 0 Å². The first kappa shape index (κ1) is 16.8. The molecule has 0 aromatic heterocycles. The molecule has 0 aliphatic carbocycles. The minimum absolute atomic E-state index is 0.167. The number of carbonyl (C=O) groups is 2. The Hall–Kier alpha value is -1.30. The zero-order valence-corrected chi connectivity index (χ0v) is 12.4. The van der Waals surface area contributed by atoms with Gasteiger partial charge >= 0.3 is 12.0 Å². The van der Waals surface area contributed by atoms with E-state index in [4.69, 9.17) is 9.84 Å². The second-order valence-corrected chi connectivity index (χ2v) is 5.84. The van der Waals surface area contributed by atoms with Crippen molar-refractivity contribution in [2.45, 2.75) is 33.1 Å². The smallest absolute Gasteiger partial charge is 0.314 e. The standard InChI is InChI=1S/C14H26N2O4/c1-10(2)6-12(13(17)18)8-16-14(19)15-7-11-4-3-5-20-9-11/h10-12H,3-9H2,1-2H3,(H,17,18)(H2,15,16,19). The average Bonchev–Trinajstić information content (AvgIpc) is 2.41. The van der Waals surface area contributed by atoms with Crippen LogP contribution in [0.15, 0.2) is 0 Å². The van der Waals surface area contributed by atoms with E-state index >= 15 is 0 Å². The molecule has 0 aromatic rings. The number of carboxylic acid groups (broad SMARTS) is 1. The van der Waals surface area contributed by atoms with Crippen LogP contribution in [0.5, 0.6) is 0 Å².